The van der Waals surface area contributed by atoms with E-state index in [0.717, 1.165) is 23.2 Å². The molecule has 0 amide bonds. The van der Waals surface area contributed by atoms with E-state index in [1.807, 2.05) is 77.7 Å². The summed E-state index contributed by atoms with van der Waals surface area (Å²) in [4.78, 5) is 46.7. The molecule has 6 heteroatoms. The van der Waals surface area contributed by atoms with E-state index in [0.29, 0.717) is 39.7 Å². The monoisotopic (exact) mass is 597 g/mol. The third-order valence-electron chi connectivity index (χ3n) is 9.63. The van der Waals surface area contributed by atoms with Crippen molar-refractivity contribution >= 4 is 29.1 Å². The van der Waals surface area contributed by atoms with Gasteiger partial charge in [0.2, 0.25) is 0 Å². The Balaban J connectivity index is 1.50. The standard InChI is InChI=1S/C39H35NO5/c1-23(2)21-24-13-15-26(16-14-24)36(41)35-34(27-17-19-31(44-3)32(22-27)45-4)39(37(42)28-10-6-7-11-29(28)38(39)43)33-20-18-25-9-5-8-12-30(25)40(33)35/h5-20,22-23,33-35H,21H2,1-4H3/t33-,34+,35+/m0/s1. The Morgan fingerprint density at radius 3 is 2.11 bits per heavy atom. The summed E-state index contributed by atoms with van der Waals surface area (Å²) >= 11 is 0. The summed E-state index contributed by atoms with van der Waals surface area (Å²) in [5, 5.41) is 0. The molecule has 4 aromatic rings. The minimum absolute atomic E-state index is 0.144. The Hall–Kier alpha value is -4.97. The second-order valence-electron chi connectivity index (χ2n) is 12.5. The van der Waals surface area contributed by atoms with E-state index < -0.39 is 23.4 Å². The molecule has 1 spiro atoms. The van der Waals surface area contributed by atoms with Gasteiger partial charge in [-0.05, 0) is 47.2 Å². The van der Waals surface area contributed by atoms with Crippen LogP contribution in [0.25, 0.3) is 6.08 Å². The predicted molar refractivity (Wildman–Crippen MR) is 175 cm³/mol. The molecule has 6 nitrogen and oxygen atoms in total. The molecule has 45 heavy (non-hydrogen) atoms. The zero-order chi connectivity index (χ0) is 31.5. The number of ether oxygens (including phenoxy) is 2. The fourth-order valence-electron chi connectivity index (χ4n) is 7.78. The lowest BCUT2D eigenvalue weighted by molar-refractivity contribution is 0.0665. The zero-order valence-electron chi connectivity index (χ0n) is 25.8. The van der Waals surface area contributed by atoms with Gasteiger partial charge in [0, 0.05) is 28.3 Å². The number of benzene rings is 4. The quantitative estimate of drug-likeness (QED) is 0.166. The molecule has 7 rings (SSSR count). The number of carbonyl (C=O) groups is 3. The molecule has 0 N–H and O–H groups in total. The molecule has 4 aromatic carbocycles. The molecule has 2 heterocycles. The van der Waals surface area contributed by atoms with Crippen molar-refractivity contribution in [3.63, 3.8) is 0 Å². The topological polar surface area (TPSA) is 72.9 Å². The fourth-order valence-corrected chi connectivity index (χ4v) is 7.78. The first-order chi connectivity index (χ1) is 21.8. The van der Waals surface area contributed by atoms with E-state index in [9.17, 15) is 14.4 Å². The van der Waals surface area contributed by atoms with Gasteiger partial charge < -0.3 is 14.4 Å². The number of methoxy groups -OCH3 is 2. The third kappa shape index (κ3) is 4.19. The lowest BCUT2D eigenvalue weighted by Gasteiger charge is -2.37. The Morgan fingerprint density at radius 2 is 1.47 bits per heavy atom. The smallest absolute Gasteiger partial charge is 0.185 e. The summed E-state index contributed by atoms with van der Waals surface area (Å²) in [5.41, 5.74) is 3.31. The SMILES string of the molecule is COc1ccc([C@@H]2[C@H](C(=O)c3ccc(CC(C)C)cc3)N3c4ccccc4C=C[C@H]3C23C(=O)c2ccccc2C3=O)cc1OC. The summed E-state index contributed by atoms with van der Waals surface area (Å²) in [6.45, 7) is 4.33. The summed E-state index contributed by atoms with van der Waals surface area (Å²) in [7, 11) is 3.11. The van der Waals surface area contributed by atoms with Crippen LogP contribution < -0.4 is 14.4 Å². The van der Waals surface area contributed by atoms with Crippen molar-refractivity contribution in [3.05, 3.63) is 130 Å². The summed E-state index contributed by atoms with van der Waals surface area (Å²) < 4.78 is 11.2. The molecule has 0 bridgehead atoms. The molecule has 1 aliphatic carbocycles. The van der Waals surface area contributed by atoms with Gasteiger partial charge in [-0.25, -0.2) is 0 Å². The predicted octanol–water partition coefficient (Wildman–Crippen LogP) is 7.22. The van der Waals surface area contributed by atoms with E-state index in [1.165, 1.54) is 0 Å². The Morgan fingerprint density at radius 1 is 0.822 bits per heavy atom. The highest BCUT2D eigenvalue weighted by Crippen LogP contribution is 2.61. The lowest BCUT2D eigenvalue weighted by Crippen LogP contribution is -2.48. The van der Waals surface area contributed by atoms with E-state index in [4.69, 9.17) is 9.47 Å². The second kappa shape index (κ2) is 10.9. The van der Waals surface area contributed by atoms with E-state index in [1.54, 1.807) is 44.6 Å². The van der Waals surface area contributed by atoms with Gasteiger partial charge in [0.15, 0.2) is 28.8 Å². The number of para-hydroxylation sites is 1. The number of ketones is 3. The van der Waals surface area contributed by atoms with Crippen LogP contribution in [0.2, 0.25) is 0 Å². The van der Waals surface area contributed by atoms with Gasteiger partial charge in [0.1, 0.15) is 11.5 Å². The molecule has 3 atom stereocenters. The largest absolute Gasteiger partial charge is 0.493 e. The van der Waals surface area contributed by atoms with Gasteiger partial charge in [0.25, 0.3) is 0 Å². The minimum Gasteiger partial charge on any atom is -0.493 e. The molecule has 1 saturated heterocycles. The van der Waals surface area contributed by atoms with Crippen LogP contribution in [0.5, 0.6) is 11.5 Å². The van der Waals surface area contributed by atoms with Gasteiger partial charge >= 0.3 is 0 Å². The van der Waals surface area contributed by atoms with Crippen LogP contribution in [0.3, 0.4) is 0 Å². The molecule has 2 aliphatic heterocycles. The number of hydrogen-bond donors (Lipinski definition) is 0. The van der Waals surface area contributed by atoms with E-state index in [-0.39, 0.29) is 17.3 Å². The number of Topliss-reactive ketones (excluding diaryl/α,β-unsaturated/α-hetero) is 3. The third-order valence-corrected chi connectivity index (χ3v) is 9.63. The van der Waals surface area contributed by atoms with Crippen molar-refractivity contribution in [2.45, 2.75) is 38.3 Å². The highest BCUT2D eigenvalue weighted by molar-refractivity contribution is 6.32. The lowest BCUT2D eigenvalue weighted by atomic mass is 9.64. The zero-order valence-corrected chi connectivity index (χ0v) is 25.8. The number of nitrogens with zero attached hydrogens (tertiary/aromatic N) is 1. The van der Waals surface area contributed by atoms with E-state index in [2.05, 4.69) is 13.8 Å². The maximum absolute atomic E-state index is 15.0. The first-order valence-corrected chi connectivity index (χ1v) is 15.4. The van der Waals surface area contributed by atoms with Gasteiger partial charge in [-0.1, -0.05) is 98.8 Å². The van der Waals surface area contributed by atoms with Crippen LogP contribution in [-0.4, -0.2) is 43.7 Å². The van der Waals surface area contributed by atoms with Crippen molar-refractivity contribution in [3.8, 4) is 11.5 Å². The number of hydrogen-bond acceptors (Lipinski definition) is 6. The Bertz CT molecular complexity index is 1840. The molecule has 0 radical (unpaired) electrons. The molecule has 3 aliphatic rings. The number of anilines is 1. The van der Waals surface area contributed by atoms with Crippen LogP contribution in [-0.2, 0) is 6.42 Å². The van der Waals surface area contributed by atoms with Gasteiger partial charge in [-0.15, -0.1) is 0 Å². The van der Waals surface area contributed by atoms with Crippen LogP contribution in [0.4, 0.5) is 5.69 Å². The van der Waals surface area contributed by atoms with Crippen LogP contribution in [0.15, 0.2) is 97.1 Å². The normalized spacial score (nSPS) is 20.7. The van der Waals surface area contributed by atoms with Crippen molar-refractivity contribution in [1.82, 2.24) is 0 Å². The highest BCUT2D eigenvalue weighted by atomic mass is 16.5. The van der Waals surface area contributed by atoms with Crippen LogP contribution in [0.1, 0.15) is 67.5 Å². The van der Waals surface area contributed by atoms with Crippen molar-refractivity contribution in [2.75, 3.05) is 19.1 Å². The van der Waals surface area contributed by atoms with Crippen molar-refractivity contribution in [1.29, 1.82) is 0 Å². The fraction of sp³-hybridized carbons (Fsp3) is 0.256. The Kier molecular flexibility index (Phi) is 6.96. The maximum atomic E-state index is 15.0. The number of carbonyl (C=O) groups excluding carboxylic acids is 3. The molecular weight excluding hydrogens is 562 g/mol. The first-order valence-electron chi connectivity index (χ1n) is 15.4. The number of fused-ring (bicyclic) bond motifs is 5. The van der Waals surface area contributed by atoms with Gasteiger partial charge in [0.05, 0.1) is 20.3 Å². The van der Waals surface area contributed by atoms with Gasteiger partial charge in [-0.2, -0.15) is 0 Å². The Labute approximate surface area is 263 Å². The summed E-state index contributed by atoms with van der Waals surface area (Å²) in [5.74, 6) is -0.0243. The molecule has 0 saturated carbocycles. The molecule has 1 fully saturated rings. The second-order valence-corrected chi connectivity index (χ2v) is 12.5. The van der Waals surface area contributed by atoms with E-state index >= 15 is 0 Å². The average Bonchev–Trinajstić information content (AvgIpc) is 3.50. The summed E-state index contributed by atoms with van der Waals surface area (Å²) in [6, 6.07) is 26.5. The summed E-state index contributed by atoms with van der Waals surface area (Å²) in [6.07, 6.45) is 4.82. The number of rotatable bonds is 7. The van der Waals surface area contributed by atoms with Crippen LogP contribution >= 0.6 is 0 Å². The van der Waals surface area contributed by atoms with Crippen LogP contribution in [0, 0.1) is 11.3 Å². The average molecular weight is 598 g/mol. The van der Waals surface area contributed by atoms with Gasteiger partial charge in [-0.3, -0.25) is 14.4 Å². The highest BCUT2D eigenvalue weighted by Gasteiger charge is 2.71. The molecule has 226 valence electrons. The van der Waals surface area contributed by atoms with Crippen molar-refractivity contribution in [2.24, 2.45) is 11.3 Å². The molecular formula is C39H35NO5. The first kappa shape index (κ1) is 28.8. The maximum Gasteiger partial charge on any atom is 0.185 e. The molecule has 0 unspecified atom stereocenters. The van der Waals surface area contributed by atoms with Crippen molar-refractivity contribution < 1.29 is 23.9 Å². The minimum atomic E-state index is -1.58. The molecule has 0 aromatic heterocycles.